The van der Waals surface area contributed by atoms with Gasteiger partial charge < -0.3 is 73.3 Å². The monoisotopic (exact) mass is 674 g/mol. The number of benzene rings is 3. The predicted octanol–water partition coefficient (Wildman–Crippen LogP) is -0.433. The Morgan fingerprint density at radius 2 is 1.60 bits per heavy atom. The van der Waals surface area contributed by atoms with E-state index in [1.54, 1.807) is 30.3 Å². The topological polar surface area (TPSA) is 222 Å². The van der Waals surface area contributed by atoms with Gasteiger partial charge in [-0.3, -0.25) is 0 Å². The van der Waals surface area contributed by atoms with Crippen molar-refractivity contribution in [2.45, 2.75) is 55.3 Å². The van der Waals surface area contributed by atoms with E-state index < -0.39 is 74.5 Å². The third kappa shape index (κ3) is 5.17. The van der Waals surface area contributed by atoms with Crippen molar-refractivity contribution in [1.29, 1.82) is 0 Å². The molecule has 0 bridgehead atoms. The maximum Gasteiger partial charge on any atom is 0.339 e. The number of ether oxygens (including phenoxy) is 9. The zero-order valence-electron chi connectivity index (χ0n) is 25.7. The Morgan fingerprint density at radius 3 is 2.31 bits per heavy atom. The highest BCUT2D eigenvalue weighted by Crippen LogP contribution is 2.50. The molecule has 4 aliphatic rings. The van der Waals surface area contributed by atoms with E-state index in [0.29, 0.717) is 50.5 Å². The van der Waals surface area contributed by atoms with E-state index in [1.807, 2.05) is 0 Å². The quantitative estimate of drug-likeness (QED) is 0.159. The highest BCUT2D eigenvalue weighted by molar-refractivity contribution is 6.14. The number of fused-ring (bicyclic) bond motifs is 3. The van der Waals surface area contributed by atoms with Crippen LogP contribution in [0.2, 0.25) is 0 Å². The number of hydrogen-bond donors (Lipinski definition) is 6. The standard InChI is InChI=1S/C32H34O16/c1-40-18-6-14-15(7-19(18)41-2)27(16-9-42-29(38)23(16)22(14)13-3-4-17-20(5-13)45-12-44-17)47-31-28(32(39,10-34)11-43-31)48-30-26(37)25(36)24(35)21(8-33)46-30/h3-7,21,24-26,28,30-31,33-37,39H,8-12H2,1-2H3/t21-,24-,25+,26-,28+,30+,31+,32-/m1/s1. The lowest BCUT2D eigenvalue weighted by atomic mass is 9.89. The van der Waals surface area contributed by atoms with Gasteiger partial charge in [0.25, 0.3) is 0 Å². The van der Waals surface area contributed by atoms with Crippen molar-refractivity contribution in [3.8, 4) is 39.9 Å². The van der Waals surface area contributed by atoms with Crippen LogP contribution in [0, 0.1) is 0 Å². The number of carbonyl (C=O) groups is 1. The summed E-state index contributed by atoms with van der Waals surface area (Å²) in [6, 6.07) is 8.56. The van der Waals surface area contributed by atoms with Gasteiger partial charge in [-0.05, 0) is 35.2 Å². The van der Waals surface area contributed by atoms with Crippen molar-refractivity contribution >= 4 is 16.7 Å². The minimum absolute atomic E-state index is 0.0470. The highest BCUT2D eigenvalue weighted by Gasteiger charge is 2.55. The summed E-state index contributed by atoms with van der Waals surface area (Å²) in [7, 11) is 2.92. The van der Waals surface area contributed by atoms with E-state index in [0.717, 1.165) is 0 Å². The van der Waals surface area contributed by atoms with E-state index in [2.05, 4.69) is 0 Å². The van der Waals surface area contributed by atoms with Gasteiger partial charge in [0.2, 0.25) is 13.1 Å². The summed E-state index contributed by atoms with van der Waals surface area (Å²) in [6.07, 6.45) is -11.3. The molecule has 16 nitrogen and oxygen atoms in total. The minimum atomic E-state index is -2.10. The third-order valence-corrected chi connectivity index (χ3v) is 8.99. The van der Waals surface area contributed by atoms with Crippen LogP contribution in [0.15, 0.2) is 30.3 Å². The molecule has 258 valence electrons. The highest BCUT2D eigenvalue weighted by atomic mass is 16.8. The fourth-order valence-corrected chi connectivity index (χ4v) is 6.41. The van der Waals surface area contributed by atoms with Gasteiger partial charge in [0, 0.05) is 16.5 Å². The lowest BCUT2D eigenvalue weighted by Gasteiger charge is -2.42. The minimum Gasteiger partial charge on any atom is -0.493 e. The molecule has 0 aliphatic carbocycles. The summed E-state index contributed by atoms with van der Waals surface area (Å²) in [5.41, 5.74) is -0.481. The second kappa shape index (κ2) is 12.5. The van der Waals surface area contributed by atoms with Gasteiger partial charge in [-0.1, -0.05) is 6.07 Å². The molecule has 0 spiro atoms. The van der Waals surface area contributed by atoms with Gasteiger partial charge in [-0.15, -0.1) is 0 Å². The molecule has 0 aromatic heterocycles. The second-order valence-electron chi connectivity index (χ2n) is 11.8. The number of rotatable bonds is 9. The van der Waals surface area contributed by atoms with Crippen LogP contribution in [-0.4, -0.2) is 126 Å². The Labute approximate surface area is 272 Å². The van der Waals surface area contributed by atoms with Gasteiger partial charge in [0.15, 0.2) is 35.4 Å². The number of hydrogen-bond acceptors (Lipinski definition) is 16. The number of aliphatic hydroxyl groups is 6. The molecule has 0 unspecified atom stereocenters. The molecule has 48 heavy (non-hydrogen) atoms. The first-order chi connectivity index (χ1) is 23.1. The van der Waals surface area contributed by atoms with Crippen LogP contribution in [0.25, 0.3) is 21.9 Å². The van der Waals surface area contributed by atoms with Crippen molar-refractivity contribution in [3.63, 3.8) is 0 Å². The molecule has 0 amide bonds. The average Bonchev–Trinajstić information content (AvgIpc) is 3.81. The van der Waals surface area contributed by atoms with Gasteiger partial charge >= 0.3 is 5.97 Å². The lowest BCUT2D eigenvalue weighted by Crippen LogP contribution is -2.62. The first kappa shape index (κ1) is 32.6. The Kier molecular flexibility index (Phi) is 8.47. The van der Waals surface area contributed by atoms with E-state index in [-0.39, 0.29) is 24.7 Å². The first-order valence-corrected chi connectivity index (χ1v) is 15.0. The predicted molar refractivity (Wildman–Crippen MR) is 159 cm³/mol. The SMILES string of the molecule is COc1cc2c(O[C@@H]3OC[C@](O)(CO)[C@H]3O[C@@H]3O[C@H](CO)[C@@H](O)[C@H](O)[C@H]3O)c3c(c(-c4ccc5c(c4)OCO5)c2cc1OC)C(=O)OC3. The fraction of sp³-hybridized carbons (Fsp3) is 0.469. The molecule has 3 aromatic carbocycles. The maximum absolute atomic E-state index is 13.4. The van der Waals surface area contributed by atoms with Crippen LogP contribution in [0.3, 0.4) is 0 Å². The van der Waals surface area contributed by atoms with Crippen LogP contribution < -0.4 is 23.7 Å². The summed E-state index contributed by atoms with van der Waals surface area (Å²) in [6.45, 7) is -2.23. The Morgan fingerprint density at radius 1 is 0.875 bits per heavy atom. The summed E-state index contributed by atoms with van der Waals surface area (Å²) in [4.78, 5) is 13.4. The van der Waals surface area contributed by atoms with Gasteiger partial charge in [0.05, 0.1) is 39.6 Å². The first-order valence-electron chi connectivity index (χ1n) is 15.0. The molecular weight excluding hydrogens is 640 g/mol. The number of aliphatic hydroxyl groups excluding tert-OH is 5. The molecule has 0 saturated carbocycles. The van der Waals surface area contributed by atoms with E-state index in [4.69, 9.17) is 42.6 Å². The Bertz CT molecular complexity index is 1730. The molecule has 8 atom stereocenters. The summed E-state index contributed by atoms with van der Waals surface area (Å²) < 4.78 is 51.3. The molecular formula is C32H34O16. The fourth-order valence-electron chi connectivity index (χ4n) is 6.41. The largest absolute Gasteiger partial charge is 0.493 e. The summed E-state index contributed by atoms with van der Waals surface area (Å²) >= 11 is 0. The molecule has 4 aliphatic heterocycles. The van der Waals surface area contributed by atoms with Crippen molar-refractivity contribution in [2.75, 3.05) is 40.8 Å². The summed E-state index contributed by atoms with van der Waals surface area (Å²) in [5, 5.41) is 63.2. The van der Waals surface area contributed by atoms with Crippen molar-refractivity contribution in [1.82, 2.24) is 0 Å². The third-order valence-electron chi connectivity index (χ3n) is 8.99. The van der Waals surface area contributed by atoms with Crippen LogP contribution in [0.1, 0.15) is 15.9 Å². The number of cyclic esters (lactones) is 1. The zero-order valence-corrected chi connectivity index (χ0v) is 25.7. The van der Waals surface area contributed by atoms with E-state index in [1.165, 1.54) is 14.2 Å². The van der Waals surface area contributed by atoms with Gasteiger partial charge in [-0.25, -0.2) is 4.79 Å². The molecule has 16 heteroatoms. The van der Waals surface area contributed by atoms with Gasteiger partial charge in [-0.2, -0.15) is 0 Å². The smallest absolute Gasteiger partial charge is 0.339 e. The molecule has 2 fully saturated rings. The molecule has 2 saturated heterocycles. The summed E-state index contributed by atoms with van der Waals surface area (Å²) in [5.74, 6) is 1.17. The Hall–Kier alpha value is -3.97. The van der Waals surface area contributed by atoms with Crippen LogP contribution >= 0.6 is 0 Å². The average molecular weight is 675 g/mol. The number of methoxy groups -OCH3 is 2. The number of esters is 1. The number of carbonyl (C=O) groups excluding carboxylic acids is 1. The second-order valence-corrected chi connectivity index (χ2v) is 11.8. The molecule has 3 aromatic rings. The lowest BCUT2D eigenvalue weighted by molar-refractivity contribution is -0.329. The van der Waals surface area contributed by atoms with Crippen LogP contribution in [0.5, 0.6) is 28.7 Å². The van der Waals surface area contributed by atoms with Crippen molar-refractivity contribution in [3.05, 3.63) is 41.5 Å². The molecule has 4 heterocycles. The van der Waals surface area contributed by atoms with Crippen LogP contribution in [0.4, 0.5) is 0 Å². The van der Waals surface area contributed by atoms with Crippen molar-refractivity contribution < 1.29 is 78.1 Å². The molecule has 6 N–H and O–H groups in total. The maximum atomic E-state index is 13.4. The normalized spacial score (nSPS) is 30.8. The zero-order chi connectivity index (χ0) is 33.9. The van der Waals surface area contributed by atoms with Gasteiger partial charge in [0.1, 0.15) is 42.4 Å². The Balaban J connectivity index is 1.35. The van der Waals surface area contributed by atoms with Crippen LogP contribution in [-0.2, 0) is 25.6 Å². The van der Waals surface area contributed by atoms with Crippen molar-refractivity contribution in [2.24, 2.45) is 0 Å². The molecule has 7 rings (SSSR count). The molecule has 0 radical (unpaired) electrons. The van der Waals surface area contributed by atoms with E-state index >= 15 is 0 Å². The van der Waals surface area contributed by atoms with E-state index in [9.17, 15) is 35.4 Å².